The molecule has 0 aliphatic rings. The molecule has 0 amide bonds. The van der Waals surface area contributed by atoms with Crippen LogP contribution in [-0.2, 0) is 6.42 Å². The molecule has 1 rings (SSSR count). The maximum atomic E-state index is 13.1. The topological polar surface area (TPSA) is 26.0 Å². The Morgan fingerprint density at radius 3 is 2.64 bits per heavy atom. The lowest BCUT2D eigenvalue weighted by Crippen LogP contribution is -2.25. The Kier molecular flexibility index (Phi) is 3.90. The van der Waals surface area contributed by atoms with Crippen molar-refractivity contribution in [2.75, 3.05) is 0 Å². The van der Waals surface area contributed by atoms with Crippen LogP contribution in [0, 0.1) is 11.7 Å². The van der Waals surface area contributed by atoms with Gasteiger partial charge in [-0.2, -0.15) is 0 Å². The first-order valence-corrected chi connectivity index (χ1v) is 5.08. The largest absolute Gasteiger partial charge is 0.328 e. The second-order valence-corrected chi connectivity index (χ2v) is 4.13. The standard InChI is InChI=1S/C11H15ClFN/c1-7(8(2)14)6-9-4-3-5-10(13)11(9)12/h3-5,7-8H,6,14H2,1-2H3. The Morgan fingerprint density at radius 1 is 1.43 bits per heavy atom. The van der Waals surface area contributed by atoms with Gasteiger partial charge in [-0.05, 0) is 30.9 Å². The van der Waals surface area contributed by atoms with E-state index in [1.54, 1.807) is 6.07 Å². The second kappa shape index (κ2) is 4.76. The van der Waals surface area contributed by atoms with Crippen LogP contribution in [-0.4, -0.2) is 6.04 Å². The molecule has 78 valence electrons. The molecular weight excluding hydrogens is 201 g/mol. The van der Waals surface area contributed by atoms with Crippen molar-refractivity contribution in [3.8, 4) is 0 Å². The van der Waals surface area contributed by atoms with Gasteiger partial charge in [-0.25, -0.2) is 4.39 Å². The molecule has 0 spiro atoms. The second-order valence-electron chi connectivity index (χ2n) is 3.75. The zero-order valence-electron chi connectivity index (χ0n) is 8.43. The van der Waals surface area contributed by atoms with E-state index < -0.39 is 0 Å². The molecule has 0 aromatic heterocycles. The number of benzene rings is 1. The predicted molar refractivity (Wildman–Crippen MR) is 57.9 cm³/mol. The van der Waals surface area contributed by atoms with Crippen molar-refractivity contribution in [1.82, 2.24) is 0 Å². The van der Waals surface area contributed by atoms with E-state index >= 15 is 0 Å². The minimum atomic E-state index is -0.360. The van der Waals surface area contributed by atoms with Crippen LogP contribution >= 0.6 is 11.6 Å². The lowest BCUT2D eigenvalue weighted by atomic mass is 9.95. The average Bonchev–Trinajstić information content (AvgIpc) is 2.12. The van der Waals surface area contributed by atoms with Crippen molar-refractivity contribution in [2.24, 2.45) is 11.7 Å². The first kappa shape index (κ1) is 11.5. The summed E-state index contributed by atoms with van der Waals surface area (Å²) in [6, 6.07) is 4.96. The van der Waals surface area contributed by atoms with Crippen molar-refractivity contribution in [3.63, 3.8) is 0 Å². The van der Waals surface area contributed by atoms with Crippen LogP contribution in [0.15, 0.2) is 18.2 Å². The first-order valence-electron chi connectivity index (χ1n) is 4.71. The van der Waals surface area contributed by atoms with Crippen LogP contribution in [0.5, 0.6) is 0 Å². The normalized spacial score (nSPS) is 15.2. The van der Waals surface area contributed by atoms with E-state index in [9.17, 15) is 4.39 Å². The molecule has 3 heteroatoms. The third-order valence-electron chi connectivity index (χ3n) is 2.47. The molecule has 0 aliphatic heterocycles. The van der Waals surface area contributed by atoms with Crippen molar-refractivity contribution in [1.29, 1.82) is 0 Å². The Balaban J connectivity index is 2.82. The molecule has 2 N–H and O–H groups in total. The van der Waals surface area contributed by atoms with Crippen LogP contribution in [0.4, 0.5) is 4.39 Å². The van der Waals surface area contributed by atoms with Gasteiger partial charge < -0.3 is 5.73 Å². The van der Waals surface area contributed by atoms with Crippen molar-refractivity contribution >= 4 is 11.6 Å². The summed E-state index contributed by atoms with van der Waals surface area (Å²) in [7, 11) is 0. The van der Waals surface area contributed by atoms with Gasteiger partial charge in [-0.3, -0.25) is 0 Å². The van der Waals surface area contributed by atoms with Crippen LogP contribution in [0.3, 0.4) is 0 Å². The molecule has 2 atom stereocenters. The fraction of sp³-hybridized carbons (Fsp3) is 0.455. The highest BCUT2D eigenvalue weighted by Gasteiger charge is 2.12. The zero-order valence-corrected chi connectivity index (χ0v) is 9.18. The summed E-state index contributed by atoms with van der Waals surface area (Å²) in [6.07, 6.45) is 0.717. The molecule has 0 saturated heterocycles. The quantitative estimate of drug-likeness (QED) is 0.824. The van der Waals surface area contributed by atoms with Gasteiger partial charge in [0.25, 0.3) is 0 Å². The molecule has 1 nitrogen and oxygen atoms in total. The SMILES string of the molecule is CC(N)C(C)Cc1cccc(F)c1Cl. The van der Waals surface area contributed by atoms with Gasteiger partial charge in [0.1, 0.15) is 5.82 Å². The van der Waals surface area contributed by atoms with Gasteiger partial charge in [-0.15, -0.1) is 0 Å². The van der Waals surface area contributed by atoms with Crippen LogP contribution < -0.4 is 5.73 Å². The molecule has 2 unspecified atom stereocenters. The average molecular weight is 216 g/mol. The summed E-state index contributed by atoms with van der Waals surface area (Å²) in [4.78, 5) is 0. The Morgan fingerprint density at radius 2 is 2.07 bits per heavy atom. The van der Waals surface area contributed by atoms with E-state index in [1.807, 2.05) is 19.9 Å². The molecule has 1 aromatic carbocycles. The van der Waals surface area contributed by atoms with E-state index in [2.05, 4.69) is 0 Å². The summed E-state index contributed by atoms with van der Waals surface area (Å²) < 4.78 is 13.1. The highest BCUT2D eigenvalue weighted by Crippen LogP contribution is 2.22. The van der Waals surface area contributed by atoms with Crippen molar-refractivity contribution in [2.45, 2.75) is 26.3 Å². The maximum Gasteiger partial charge on any atom is 0.142 e. The molecular formula is C11H15ClFN. The van der Waals surface area contributed by atoms with E-state index in [4.69, 9.17) is 17.3 Å². The molecule has 0 fully saturated rings. The van der Waals surface area contributed by atoms with Crippen LogP contribution in [0.1, 0.15) is 19.4 Å². The van der Waals surface area contributed by atoms with Gasteiger partial charge in [0.05, 0.1) is 5.02 Å². The van der Waals surface area contributed by atoms with E-state index in [1.165, 1.54) is 6.07 Å². The number of halogens is 2. The lowest BCUT2D eigenvalue weighted by Gasteiger charge is -2.16. The van der Waals surface area contributed by atoms with Crippen LogP contribution in [0.2, 0.25) is 5.02 Å². The fourth-order valence-corrected chi connectivity index (χ4v) is 1.44. The van der Waals surface area contributed by atoms with Gasteiger partial charge in [0.15, 0.2) is 0 Å². The molecule has 0 bridgehead atoms. The summed E-state index contributed by atoms with van der Waals surface area (Å²) in [5, 5.41) is 0.222. The summed E-state index contributed by atoms with van der Waals surface area (Å²) in [5.41, 5.74) is 6.57. The van der Waals surface area contributed by atoms with Crippen LogP contribution in [0.25, 0.3) is 0 Å². The molecule has 1 aromatic rings. The van der Waals surface area contributed by atoms with Crippen molar-refractivity contribution < 1.29 is 4.39 Å². The predicted octanol–water partition coefficient (Wildman–Crippen LogP) is 3.00. The Labute approximate surface area is 89.1 Å². The van der Waals surface area contributed by atoms with Gasteiger partial charge in [0, 0.05) is 6.04 Å². The first-order chi connectivity index (χ1) is 6.52. The molecule has 14 heavy (non-hydrogen) atoms. The monoisotopic (exact) mass is 215 g/mol. The lowest BCUT2D eigenvalue weighted by molar-refractivity contribution is 0.480. The zero-order chi connectivity index (χ0) is 10.7. The molecule has 0 saturated carbocycles. The number of hydrogen-bond acceptors (Lipinski definition) is 1. The highest BCUT2D eigenvalue weighted by atomic mass is 35.5. The van der Waals surface area contributed by atoms with Gasteiger partial charge >= 0.3 is 0 Å². The summed E-state index contributed by atoms with van der Waals surface area (Å²) >= 11 is 5.83. The Bertz CT molecular complexity index is 312. The third kappa shape index (κ3) is 2.69. The molecule has 0 radical (unpaired) electrons. The maximum absolute atomic E-state index is 13.1. The van der Waals surface area contributed by atoms with Gasteiger partial charge in [0.2, 0.25) is 0 Å². The summed E-state index contributed by atoms with van der Waals surface area (Å²) in [6.45, 7) is 3.98. The summed E-state index contributed by atoms with van der Waals surface area (Å²) in [5.74, 6) is -0.0599. The van der Waals surface area contributed by atoms with Gasteiger partial charge in [-0.1, -0.05) is 30.7 Å². The molecule has 0 aliphatic carbocycles. The highest BCUT2D eigenvalue weighted by molar-refractivity contribution is 6.31. The minimum absolute atomic E-state index is 0.0920. The Hall–Kier alpha value is -0.600. The number of hydrogen-bond donors (Lipinski definition) is 1. The third-order valence-corrected chi connectivity index (χ3v) is 2.89. The number of nitrogens with two attached hydrogens (primary N) is 1. The van der Waals surface area contributed by atoms with E-state index in [0.29, 0.717) is 12.3 Å². The van der Waals surface area contributed by atoms with E-state index in [0.717, 1.165) is 5.56 Å². The van der Waals surface area contributed by atoms with Crippen molar-refractivity contribution in [3.05, 3.63) is 34.6 Å². The molecule has 0 heterocycles. The van der Waals surface area contributed by atoms with E-state index in [-0.39, 0.29) is 16.9 Å². The smallest absolute Gasteiger partial charge is 0.142 e. The minimum Gasteiger partial charge on any atom is -0.328 e. The fourth-order valence-electron chi connectivity index (χ4n) is 1.24. The number of rotatable bonds is 3.